The number of carbonyl (C=O) groups is 1. The Balaban J connectivity index is 1.30. The standard InChI is InChI=1S/C24H26N4O4S/c1-17-11-13-27(14-12-17)33(30,31)21-9-7-18(8-10-21)23-25-24(32-26-23)19-15-22(29)28(16-19)20-5-3-2-4-6-20/h2-10,17,19H,11-16H2,1H3/t19-/m1/s1. The van der Waals surface area contributed by atoms with Crippen LogP contribution in [-0.4, -0.2) is 48.4 Å². The van der Waals surface area contributed by atoms with E-state index in [-0.39, 0.29) is 16.7 Å². The Morgan fingerprint density at radius 3 is 2.39 bits per heavy atom. The third-order valence-electron chi connectivity index (χ3n) is 6.48. The minimum absolute atomic E-state index is 0.0209. The number of carbonyl (C=O) groups excluding carboxylic acids is 1. The minimum Gasteiger partial charge on any atom is -0.339 e. The van der Waals surface area contributed by atoms with E-state index in [1.165, 1.54) is 0 Å². The topological polar surface area (TPSA) is 96.6 Å². The molecule has 2 fully saturated rings. The maximum absolute atomic E-state index is 12.9. The van der Waals surface area contributed by atoms with Gasteiger partial charge in [0.2, 0.25) is 27.6 Å². The molecule has 9 heteroatoms. The number of aromatic nitrogens is 2. The van der Waals surface area contributed by atoms with E-state index in [4.69, 9.17) is 4.52 Å². The summed E-state index contributed by atoms with van der Waals surface area (Å²) in [6, 6.07) is 16.1. The molecular formula is C24H26N4O4S. The van der Waals surface area contributed by atoms with Crippen molar-refractivity contribution >= 4 is 21.6 Å². The van der Waals surface area contributed by atoms with Crippen molar-refractivity contribution in [2.75, 3.05) is 24.5 Å². The highest BCUT2D eigenvalue weighted by atomic mass is 32.2. The highest BCUT2D eigenvalue weighted by Gasteiger charge is 2.35. The minimum atomic E-state index is -3.50. The van der Waals surface area contributed by atoms with Crippen LogP contribution in [0, 0.1) is 5.92 Å². The molecule has 33 heavy (non-hydrogen) atoms. The van der Waals surface area contributed by atoms with Crippen molar-refractivity contribution in [2.45, 2.75) is 37.0 Å². The number of sulfonamides is 1. The van der Waals surface area contributed by atoms with Crippen molar-refractivity contribution < 1.29 is 17.7 Å². The Bertz CT molecular complexity index is 1230. The molecule has 0 radical (unpaired) electrons. The second-order valence-electron chi connectivity index (χ2n) is 8.81. The number of amides is 1. The summed E-state index contributed by atoms with van der Waals surface area (Å²) in [4.78, 5) is 19.0. The van der Waals surface area contributed by atoms with E-state index in [1.54, 1.807) is 33.5 Å². The molecular weight excluding hydrogens is 440 g/mol. The number of anilines is 1. The first-order valence-corrected chi connectivity index (χ1v) is 12.7. The monoisotopic (exact) mass is 466 g/mol. The van der Waals surface area contributed by atoms with Crippen LogP contribution < -0.4 is 4.90 Å². The Hall–Kier alpha value is -3.04. The lowest BCUT2D eigenvalue weighted by atomic mass is 10.0. The van der Waals surface area contributed by atoms with Gasteiger partial charge >= 0.3 is 0 Å². The van der Waals surface area contributed by atoms with E-state index in [2.05, 4.69) is 17.1 Å². The van der Waals surface area contributed by atoms with Crippen LogP contribution in [0.3, 0.4) is 0 Å². The van der Waals surface area contributed by atoms with Crippen LogP contribution in [0.15, 0.2) is 64.0 Å². The first kappa shape index (κ1) is 21.8. The van der Waals surface area contributed by atoms with Crippen molar-refractivity contribution in [3.63, 3.8) is 0 Å². The molecule has 3 aromatic rings. The SMILES string of the molecule is CC1CCN(S(=O)(=O)c2ccc(-c3noc([C@@H]4CC(=O)N(c5ccccc5)C4)n3)cc2)CC1. The molecule has 5 rings (SSSR count). The fourth-order valence-corrected chi connectivity index (χ4v) is 5.87. The van der Waals surface area contributed by atoms with Crippen molar-refractivity contribution in [1.82, 2.24) is 14.4 Å². The highest BCUT2D eigenvalue weighted by molar-refractivity contribution is 7.89. The fraction of sp³-hybridized carbons (Fsp3) is 0.375. The van der Waals surface area contributed by atoms with E-state index >= 15 is 0 Å². The number of rotatable bonds is 5. The maximum Gasteiger partial charge on any atom is 0.243 e. The molecule has 0 aliphatic carbocycles. The molecule has 1 atom stereocenters. The summed E-state index contributed by atoms with van der Waals surface area (Å²) in [7, 11) is -3.50. The summed E-state index contributed by atoms with van der Waals surface area (Å²) in [6.07, 6.45) is 2.07. The summed E-state index contributed by atoms with van der Waals surface area (Å²) in [5.41, 5.74) is 1.52. The molecule has 2 aliphatic heterocycles. The molecule has 2 aromatic carbocycles. The summed E-state index contributed by atoms with van der Waals surface area (Å²) in [6.45, 7) is 3.74. The summed E-state index contributed by atoms with van der Waals surface area (Å²) >= 11 is 0. The second kappa shape index (κ2) is 8.72. The van der Waals surface area contributed by atoms with E-state index in [0.717, 1.165) is 18.5 Å². The van der Waals surface area contributed by atoms with Crippen LogP contribution in [0.2, 0.25) is 0 Å². The molecule has 0 saturated carbocycles. The van der Waals surface area contributed by atoms with E-state index in [0.29, 0.717) is 49.3 Å². The van der Waals surface area contributed by atoms with Gasteiger partial charge in [-0.3, -0.25) is 4.79 Å². The molecule has 8 nitrogen and oxygen atoms in total. The van der Waals surface area contributed by atoms with Crippen molar-refractivity contribution in [1.29, 1.82) is 0 Å². The van der Waals surface area contributed by atoms with Crippen molar-refractivity contribution in [3.05, 3.63) is 60.5 Å². The van der Waals surface area contributed by atoms with Crippen molar-refractivity contribution in [3.8, 4) is 11.4 Å². The number of piperidine rings is 1. The Kier molecular flexibility index (Phi) is 5.76. The van der Waals surface area contributed by atoms with Gasteiger partial charge in [0, 0.05) is 37.3 Å². The molecule has 1 aromatic heterocycles. The molecule has 3 heterocycles. The summed E-state index contributed by atoms with van der Waals surface area (Å²) in [5, 5.41) is 4.07. The van der Waals surface area contributed by atoms with Crippen LogP contribution in [-0.2, 0) is 14.8 Å². The smallest absolute Gasteiger partial charge is 0.243 e. The Labute approximate surface area is 193 Å². The molecule has 0 spiro atoms. The normalized spacial score (nSPS) is 20.5. The molecule has 0 N–H and O–H groups in total. The summed E-state index contributed by atoms with van der Waals surface area (Å²) in [5.74, 6) is 1.19. The largest absolute Gasteiger partial charge is 0.339 e. The van der Waals surface area contributed by atoms with Gasteiger partial charge < -0.3 is 9.42 Å². The number of benzene rings is 2. The molecule has 172 valence electrons. The van der Waals surface area contributed by atoms with Crippen LogP contribution in [0.25, 0.3) is 11.4 Å². The third-order valence-corrected chi connectivity index (χ3v) is 8.39. The molecule has 2 aliphatic rings. The predicted octanol–water partition coefficient (Wildman–Crippen LogP) is 3.68. The molecule has 1 amide bonds. The third kappa shape index (κ3) is 4.30. The van der Waals surface area contributed by atoms with Gasteiger partial charge in [0.05, 0.1) is 10.8 Å². The van der Waals surface area contributed by atoms with E-state index in [9.17, 15) is 13.2 Å². The lowest BCUT2D eigenvalue weighted by Gasteiger charge is -2.29. The van der Waals surface area contributed by atoms with Crippen molar-refractivity contribution in [2.24, 2.45) is 5.92 Å². The first-order chi connectivity index (χ1) is 15.9. The van der Waals surface area contributed by atoms with Gasteiger partial charge in [0.15, 0.2) is 0 Å². The van der Waals surface area contributed by atoms with Gasteiger partial charge in [-0.1, -0.05) is 30.3 Å². The van der Waals surface area contributed by atoms with Gasteiger partial charge in [-0.25, -0.2) is 8.42 Å². The van der Waals surface area contributed by atoms with Gasteiger partial charge in [0.1, 0.15) is 0 Å². The Morgan fingerprint density at radius 2 is 1.70 bits per heavy atom. The highest BCUT2D eigenvalue weighted by Crippen LogP contribution is 2.32. The van der Waals surface area contributed by atoms with Gasteiger partial charge in [0.25, 0.3) is 0 Å². The maximum atomic E-state index is 12.9. The number of para-hydroxylation sites is 1. The first-order valence-electron chi connectivity index (χ1n) is 11.2. The van der Waals surface area contributed by atoms with Gasteiger partial charge in [-0.15, -0.1) is 0 Å². The predicted molar refractivity (Wildman–Crippen MR) is 123 cm³/mol. The van der Waals surface area contributed by atoms with E-state index in [1.807, 2.05) is 30.3 Å². The van der Waals surface area contributed by atoms with E-state index < -0.39 is 10.0 Å². The average molecular weight is 467 g/mol. The van der Waals surface area contributed by atoms with Crippen LogP contribution in [0.1, 0.15) is 38.0 Å². The second-order valence-corrected chi connectivity index (χ2v) is 10.7. The molecule has 0 bridgehead atoms. The summed E-state index contributed by atoms with van der Waals surface area (Å²) < 4.78 is 32.9. The van der Waals surface area contributed by atoms with Gasteiger partial charge in [-0.05, 0) is 55.2 Å². The number of nitrogens with zero attached hydrogens (tertiary/aromatic N) is 4. The van der Waals surface area contributed by atoms with Gasteiger partial charge in [-0.2, -0.15) is 9.29 Å². The zero-order valence-corrected chi connectivity index (χ0v) is 19.2. The lowest BCUT2D eigenvalue weighted by Crippen LogP contribution is -2.37. The molecule has 0 unspecified atom stereocenters. The van der Waals surface area contributed by atoms with Crippen LogP contribution in [0.4, 0.5) is 5.69 Å². The zero-order chi connectivity index (χ0) is 23.0. The Morgan fingerprint density at radius 1 is 1.00 bits per heavy atom. The average Bonchev–Trinajstić information content (AvgIpc) is 3.47. The fourth-order valence-electron chi connectivity index (χ4n) is 4.40. The number of hydrogen-bond donors (Lipinski definition) is 0. The quantitative estimate of drug-likeness (QED) is 0.569. The molecule has 2 saturated heterocycles. The zero-order valence-electron chi connectivity index (χ0n) is 18.4. The lowest BCUT2D eigenvalue weighted by molar-refractivity contribution is -0.117. The van der Waals surface area contributed by atoms with Crippen LogP contribution >= 0.6 is 0 Å². The van der Waals surface area contributed by atoms with Crippen LogP contribution in [0.5, 0.6) is 0 Å². The number of hydrogen-bond acceptors (Lipinski definition) is 6.